The van der Waals surface area contributed by atoms with Gasteiger partial charge in [-0.3, -0.25) is 0 Å². The maximum atomic E-state index is 11.1. The van der Waals surface area contributed by atoms with Crippen LogP contribution in [0.15, 0.2) is 0 Å². The van der Waals surface area contributed by atoms with Gasteiger partial charge in [-0.05, 0) is 23.2 Å². The molecule has 0 aliphatic heterocycles. The second kappa shape index (κ2) is 5.52. The van der Waals surface area contributed by atoms with Gasteiger partial charge in [0.15, 0.2) is 0 Å². The van der Waals surface area contributed by atoms with Crippen LogP contribution in [-0.4, -0.2) is 15.9 Å². The first-order valence-electron chi connectivity index (χ1n) is 2.04. The average molecular weight is 274 g/mol. The fourth-order valence-corrected chi connectivity index (χ4v) is 0. The fourth-order valence-electron chi connectivity index (χ4n) is 0. The second-order valence-corrected chi connectivity index (χ2v) is 3.18. The molecule has 76 valence electrons. The van der Waals surface area contributed by atoms with Crippen LogP contribution in [-0.2, 0) is 0 Å². The third-order valence-corrected chi connectivity index (χ3v) is 0.893. The third-order valence-electron chi connectivity index (χ3n) is 0.321. The molecule has 0 fully saturated rings. The molecule has 9 heteroatoms. The zero-order chi connectivity index (χ0) is 10.6. The van der Waals surface area contributed by atoms with E-state index in [0.29, 0.717) is 0 Å². The monoisotopic (exact) mass is 272 g/mol. The lowest BCUT2D eigenvalue weighted by Gasteiger charge is -2.11. The summed E-state index contributed by atoms with van der Waals surface area (Å²) in [6.45, 7) is 0. The van der Waals surface area contributed by atoms with Crippen LogP contribution < -0.4 is 0 Å². The number of rotatable bonds is 1. The van der Waals surface area contributed by atoms with Crippen LogP contribution in [0.25, 0.3) is 0 Å². The highest BCUT2D eigenvalue weighted by molar-refractivity contribution is 6.42. The minimum Gasteiger partial charge on any atom is -0.212 e. The average Bonchev–Trinajstić information content (AvgIpc) is 1.55. The summed E-state index contributed by atoms with van der Waals surface area (Å²) in [6, 6.07) is 0. The predicted molar refractivity (Wildman–Crippen MR) is 38.2 cm³/mol. The Labute approximate surface area is 84.5 Å². The van der Waals surface area contributed by atoms with E-state index in [9.17, 15) is 22.0 Å². The lowest BCUT2D eigenvalue weighted by atomic mass is 10.7. The molecule has 0 rings (SSSR count). The minimum absolute atomic E-state index is 1.72. The summed E-state index contributed by atoms with van der Waals surface area (Å²) < 4.78 is 55.0. The van der Waals surface area contributed by atoms with E-state index in [1.807, 2.05) is 0 Å². The summed E-state index contributed by atoms with van der Waals surface area (Å²) in [4.78, 5) is 0. The lowest BCUT2D eigenvalue weighted by molar-refractivity contribution is -0.0960. The Morgan fingerprint density at radius 2 is 0.917 bits per heavy atom. The lowest BCUT2D eigenvalue weighted by Crippen LogP contribution is -2.28. The Kier molecular flexibility index (Phi) is 7.03. The molecule has 0 nitrogen and oxygen atoms in total. The van der Waals surface area contributed by atoms with Gasteiger partial charge in [-0.2, -0.15) is 17.6 Å². The topological polar surface area (TPSA) is 0 Å². The van der Waals surface area contributed by atoms with Crippen molar-refractivity contribution in [2.75, 3.05) is 0 Å². The summed E-state index contributed by atoms with van der Waals surface area (Å²) in [7, 11) is 0. The molecule has 0 aromatic rings. The van der Waals surface area contributed by atoms with Crippen molar-refractivity contribution in [3.05, 3.63) is 0 Å². The van der Waals surface area contributed by atoms with Gasteiger partial charge in [0, 0.05) is 0 Å². The van der Waals surface area contributed by atoms with Crippen molar-refractivity contribution in [2.45, 2.75) is 15.9 Å². The van der Waals surface area contributed by atoms with Crippen molar-refractivity contribution in [3.63, 3.8) is 0 Å². The number of hydrogen-bond donors (Lipinski definition) is 0. The fraction of sp³-hybridized carbons (Fsp3) is 1.00. The molecule has 0 spiro atoms. The van der Waals surface area contributed by atoms with Crippen molar-refractivity contribution in [1.29, 1.82) is 0 Å². The molecule has 0 unspecified atom stereocenters. The highest BCUT2D eigenvalue weighted by Crippen LogP contribution is 2.40. The molecule has 0 aliphatic carbocycles. The highest BCUT2D eigenvalue weighted by Gasteiger charge is 2.53. The van der Waals surface area contributed by atoms with E-state index in [-0.39, 0.29) is 0 Å². The normalized spacial score (nSPS) is 12.5. The van der Waals surface area contributed by atoms with Crippen LogP contribution >= 0.6 is 46.4 Å². The molecule has 0 aromatic heterocycles. The first-order chi connectivity index (χ1) is 4.98. The predicted octanol–water partition coefficient (Wildman–Crippen LogP) is 4.37. The van der Waals surface area contributed by atoms with E-state index in [1.165, 1.54) is 0 Å². The van der Waals surface area contributed by atoms with Crippen LogP contribution in [0.4, 0.5) is 22.0 Å². The van der Waals surface area contributed by atoms with Gasteiger partial charge in [0.05, 0.1) is 0 Å². The van der Waals surface area contributed by atoms with E-state index < -0.39 is 15.9 Å². The highest BCUT2D eigenvalue weighted by atomic mass is 35.5. The molecule has 0 amide bonds. The Morgan fingerprint density at radius 1 is 0.833 bits per heavy atom. The number of halogens is 9. The molecule has 12 heavy (non-hydrogen) atoms. The Bertz CT molecular complexity index is 100. The Morgan fingerprint density at radius 3 is 0.917 bits per heavy atom. The molecule has 0 aromatic carbocycles. The van der Waals surface area contributed by atoms with Gasteiger partial charge < -0.3 is 0 Å². The summed E-state index contributed by atoms with van der Waals surface area (Å²) in [5, 5.41) is -11.0. The molecule has 0 radical (unpaired) electrons. The largest absolute Gasteiger partial charge is 0.398 e. The summed E-state index contributed by atoms with van der Waals surface area (Å²) in [5.41, 5.74) is 0. The Hall–Kier alpha value is 0.810. The molecular formula is C3HCl4F5. The van der Waals surface area contributed by atoms with Crippen molar-refractivity contribution < 1.29 is 22.0 Å². The van der Waals surface area contributed by atoms with Gasteiger partial charge in [0.25, 0.3) is 0 Å². The van der Waals surface area contributed by atoms with Crippen molar-refractivity contribution >= 4 is 46.4 Å². The third kappa shape index (κ3) is 10.8. The van der Waals surface area contributed by atoms with E-state index in [0.717, 1.165) is 0 Å². The zero-order valence-corrected chi connectivity index (χ0v) is 8.00. The maximum Gasteiger partial charge on any atom is 0.398 e. The van der Waals surface area contributed by atoms with E-state index in [2.05, 4.69) is 46.4 Å². The van der Waals surface area contributed by atoms with E-state index in [4.69, 9.17) is 0 Å². The first kappa shape index (κ1) is 15.3. The number of hydrogen-bond acceptors (Lipinski definition) is 0. The summed E-state index contributed by atoms with van der Waals surface area (Å²) in [6.07, 6.45) is 0. The molecular weight excluding hydrogens is 273 g/mol. The van der Waals surface area contributed by atoms with Gasteiger partial charge in [0.2, 0.25) is 5.09 Å². The van der Waals surface area contributed by atoms with Gasteiger partial charge in [0.1, 0.15) is 0 Å². The molecule has 0 N–H and O–H groups in total. The van der Waals surface area contributed by atoms with E-state index in [1.54, 1.807) is 0 Å². The van der Waals surface area contributed by atoms with Crippen molar-refractivity contribution in [3.8, 4) is 0 Å². The molecule has 0 saturated heterocycles. The first-order valence-corrected chi connectivity index (χ1v) is 3.67. The molecule has 0 bridgehead atoms. The van der Waals surface area contributed by atoms with E-state index >= 15 is 0 Å². The summed E-state index contributed by atoms with van der Waals surface area (Å²) in [5.74, 6) is 0. The SMILES string of the molecule is FC(Cl)Cl.FC(F)(Cl)C(F)(F)Cl. The van der Waals surface area contributed by atoms with Crippen molar-refractivity contribution in [2.24, 2.45) is 0 Å². The minimum atomic E-state index is -4.66. The van der Waals surface area contributed by atoms with Gasteiger partial charge in [-0.15, -0.1) is 0 Å². The second-order valence-electron chi connectivity index (χ2n) is 1.24. The molecule has 0 heterocycles. The van der Waals surface area contributed by atoms with Crippen molar-refractivity contribution in [1.82, 2.24) is 0 Å². The molecule has 0 aliphatic rings. The maximum absolute atomic E-state index is 11.1. The van der Waals surface area contributed by atoms with Crippen LogP contribution in [0, 0.1) is 0 Å². The Balaban J connectivity index is 0. The van der Waals surface area contributed by atoms with Crippen LogP contribution in [0.1, 0.15) is 0 Å². The summed E-state index contributed by atoms with van der Waals surface area (Å²) >= 11 is 16.3. The smallest absolute Gasteiger partial charge is 0.212 e. The van der Waals surface area contributed by atoms with Gasteiger partial charge >= 0.3 is 10.8 Å². The quantitative estimate of drug-likeness (QED) is 0.492. The van der Waals surface area contributed by atoms with Crippen LogP contribution in [0.2, 0.25) is 0 Å². The van der Waals surface area contributed by atoms with Crippen LogP contribution in [0.5, 0.6) is 0 Å². The molecule has 0 saturated carbocycles. The molecule has 0 atom stereocenters. The van der Waals surface area contributed by atoms with Gasteiger partial charge in [-0.1, -0.05) is 23.2 Å². The number of alkyl halides is 9. The van der Waals surface area contributed by atoms with Crippen LogP contribution in [0.3, 0.4) is 0 Å². The standard InChI is InChI=1S/C2Cl2F4.CHCl2F/c3-1(5,6)2(4,7)8;2-1(3)4/h;1H. The zero-order valence-electron chi connectivity index (χ0n) is 4.98. The van der Waals surface area contributed by atoms with Gasteiger partial charge in [-0.25, -0.2) is 4.39 Å².